The predicted octanol–water partition coefficient (Wildman–Crippen LogP) is 3.29. The van der Waals surface area contributed by atoms with E-state index < -0.39 is 0 Å². The van der Waals surface area contributed by atoms with E-state index in [0.29, 0.717) is 12.2 Å². The molecule has 21 heavy (non-hydrogen) atoms. The number of morpholine rings is 1. The summed E-state index contributed by atoms with van der Waals surface area (Å²) in [5.74, 6) is 0.888. The summed E-state index contributed by atoms with van der Waals surface area (Å²) in [4.78, 5) is 6.55. The molecular formula is C16H14BrN3O. The maximum Gasteiger partial charge on any atom is 0.128 e. The van der Waals surface area contributed by atoms with Gasteiger partial charge in [0.15, 0.2) is 0 Å². The van der Waals surface area contributed by atoms with Crippen LogP contribution in [0.4, 0.5) is 5.82 Å². The first-order valence-corrected chi connectivity index (χ1v) is 7.54. The van der Waals surface area contributed by atoms with E-state index in [-0.39, 0.29) is 6.10 Å². The highest BCUT2D eigenvalue weighted by molar-refractivity contribution is 9.10. The molecule has 3 rings (SSSR count). The average Bonchev–Trinajstić information content (AvgIpc) is 2.56. The second-order valence-corrected chi connectivity index (χ2v) is 5.79. The van der Waals surface area contributed by atoms with E-state index in [9.17, 15) is 0 Å². The lowest BCUT2D eigenvalue weighted by molar-refractivity contribution is 0.0395. The van der Waals surface area contributed by atoms with Gasteiger partial charge in [-0.1, -0.05) is 28.1 Å². The van der Waals surface area contributed by atoms with Crippen molar-refractivity contribution in [3.05, 3.63) is 58.2 Å². The molecule has 0 bridgehead atoms. The zero-order valence-corrected chi connectivity index (χ0v) is 13.0. The topological polar surface area (TPSA) is 49.2 Å². The van der Waals surface area contributed by atoms with Crippen LogP contribution in [0.1, 0.15) is 17.2 Å². The molecule has 0 aliphatic carbocycles. The van der Waals surface area contributed by atoms with Crippen LogP contribution in [0.5, 0.6) is 0 Å². The Kier molecular flexibility index (Phi) is 4.18. The number of aromatic nitrogens is 1. The van der Waals surface area contributed by atoms with Gasteiger partial charge in [0.1, 0.15) is 18.0 Å². The predicted molar refractivity (Wildman–Crippen MR) is 84.0 cm³/mol. The van der Waals surface area contributed by atoms with Crippen molar-refractivity contribution in [1.29, 1.82) is 5.26 Å². The fourth-order valence-electron chi connectivity index (χ4n) is 2.38. The molecule has 1 aromatic heterocycles. The molecule has 1 aliphatic rings. The van der Waals surface area contributed by atoms with E-state index in [1.165, 1.54) is 0 Å². The van der Waals surface area contributed by atoms with Gasteiger partial charge in [0.05, 0.1) is 12.2 Å². The molecule has 0 N–H and O–H groups in total. The molecule has 2 heterocycles. The van der Waals surface area contributed by atoms with E-state index >= 15 is 0 Å². The maximum absolute atomic E-state index is 8.82. The van der Waals surface area contributed by atoms with Crippen molar-refractivity contribution in [2.24, 2.45) is 0 Å². The number of nitriles is 1. The number of pyridine rings is 1. The van der Waals surface area contributed by atoms with Crippen LogP contribution in [0.25, 0.3) is 0 Å². The number of hydrogen-bond acceptors (Lipinski definition) is 4. The van der Waals surface area contributed by atoms with E-state index in [1.807, 2.05) is 18.2 Å². The lowest BCUT2D eigenvalue weighted by atomic mass is 10.1. The van der Waals surface area contributed by atoms with Crippen LogP contribution in [0.3, 0.4) is 0 Å². The molecular weight excluding hydrogens is 330 g/mol. The molecule has 0 saturated carbocycles. The number of benzene rings is 1. The van der Waals surface area contributed by atoms with Crippen molar-refractivity contribution < 1.29 is 4.74 Å². The van der Waals surface area contributed by atoms with Crippen LogP contribution >= 0.6 is 15.9 Å². The molecule has 106 valence electrons. The maximum atomic E-state index is 8.82. The largest absolute Gasteiger partial charge is 0.370 e. The van der Waals surface area contributed by atoms with Gasteiger partial charge < -0.3 is 9.64 Å². The monoisotopic (exact) mass is 343 g/mol. The molecule has 0 radical (unpaired) electrons. The number of ether oxygens (including phenoxy) is 1. The summed E-state index contributed by atoms with van der Waals surface area (Å²) in [5, 5.41) is 8.82. The van der Waals surface area contributed by atoms with Gasteiger partial charge >= 0.3 is 0 Å². The van der Waals surface area contributed by atoms with Gasteiger partial charge in [-0.15, -0.1) is 0 Å². The van der Waals surface area contributed by atoms with Crippen LogP contribution in [-0.4, -0.2) is 24.7 Å². The number of halogens is 1. The second-order valence-electron chi connectivity index (χ2n) is 4.87. The standard InChI is InChI=1S/C16H14BrN3O/c17-14-4-2-13(3-5-14)15-11-20(7-8-21-15)16-6-1-12(9-18)10-19-16/h1-6,10,15H,7-8,11H2. The summed E-state index contributed by atoms with van der Waals surface area (Å²) in [5.41, 5.74) is 1.74. The third kappa shape index (κ3) is 3.23. The highest BCUT2D eigenvalue weighted by atomic mass is 79.9. The molecule has 5 heteroatoms. The molecule has 0 spiro atoms. The van der Waals surface area contributed by atoms with Crippen molar-refractivity contribution in [2.45, 2.75) is 6.10 Å². The minimum Gasteiger partial charge on any atom is -0.370 e. The second kappa shape index (κ2) is 6.25. The summed E-state index contributed by atoms with van der Waals surface area (Å²) < 4.78 is 6.93. The van der Waals surface area contributed by atoms with E-state index in [1.54, 1.807) is 12.3 Å². The van der Waals surface area contributed by atoms with Crippen molar-refractivity contribution in [1.82, 2.24) is 4.98 Å². The lowest BCUT2D eigenvalue weighted by Gasteiger charge is -2.34. The number of hydrogen-bond donors (Lipinski definition) is 0. The van der Waals surface area contributed by atoms with E-state index in [2.05, 4.69) is 44.0 Å². The molecule has 1 aliphatic heterocycles. The Labute approximate surface area is 132 Å². The van der Waals surface area contributed by atoms with Gasteiger partial charge in [-0.05, 0) is 29.8 Å². The quantitative estimate of drug-likeness (QED) is 0.839. The minimum atomic E-state index is 0.0456. The van der Waals surface area contributed by atoms with Crippen LogP contribution < -0.4 is 4.90 Å². The van der Waals surface area contributed by atoms with Crippen LogP contribution in [-0.2, 0) is 4.74 Å². The minimum absolute atomic E-state index is 0.0456. The van der Waals surface area contributed by atoms with Crippen molar-refractivity contribution in [3.8, 4) is 6.07 Å². The molecule has 2 aromatic rings. The highest BCUT2D eigenvalue weighted by Gasteiger charge is 2.22. The number of nitrogens with zero attached hydrogens (tertiary/aromatic N) is 3. The fourth-order valence-corrected chi connectivity index (χ4v) is 2.64. The smallest absolute Gasteiger partial charge is 0.128 e. The zero-order chi connectivity index (χ0) is 14.7. The third-order valence-corrected chi connectivity index (χ3v) is 4.04. The van der Waals surface area contributed by atoms with E-state index in [0.717, 1.165) is 28.9 Å². The molecule has 1 atom stereocenters. The van der Waals surface area contributed by atoms with Gasteiger partial charge in [-0.25, -0.2) is 4.98 Å². The summed E-state index contributed by atoms with van der Waals surface area (Å²) in [7, 11) is 0. The Morgan fingerprint density at radius 1 is 1.24 bits per heavy atom. The Balaban J connectivity index is 1.76. The zero-order valence-electron chi connectivity index (χ0n) is 11.4. The first-order chi connectivity index (χ1) is 10.3. The normalized spacial score (nSPS) is 18.3. The Morgan fingerprint density at radius 2 is 2.05 bits per heavy atom. The lowest BCUT2D eigenvalue weighted by Crippen LogP contribution is -2.38. The Morgan fingerprint density at radius 3 is 2.71 bits per heavy atom. The van der Waals surface area contributed by atoms with Gasteiger partial charge in [-0.2, -0.15) is 5.26 Å². The Hall–Kier alpha value is -1.90. The number of rotatable bonds is 2. The average molecular weight is 344 g/mol. The molecule has 1 saturated heterocycles. The SMILES string of the molecule is N#Cc1ccc(N2CCOC(c3ccc(Br)cc3)C2)nc1. The summed E-state index contributed by atoms with van der Waals surface area (Å²) in [6.07, 6.45) is 1.66. The highest BCUT2D eigenvalue weighted by Crippen LogP contribution is 2.26. The molecule has 1 unspecified atom stereocenters. The van der Waals surface area contributed by atoms with Crippen LogP contribution in [0, 0.1) is 11.3 Å². The first-order valence-electron chi connectivity index (χ1n) is 6.74. The van der Waals surface area contributed by atoms with Crippen molar-refractivity contribution in [2.75, 3.05) is 24.6 Å². The third-order valence-electron chi connectivity index (χ3n) is 3.51. The van der Waals surface area contributed by atoms with Gasteiger partial charge in [0, 0.05) is 23.8 Å². The van der Waals surface area contributed by atoms with Crippen molar-refractivity contribution >= 4 is 21.7 Å². The fraction of sp³-hybridized carbons (Fsp3) is 0.250. The number of anilines is 1. The van der Waals surface area contributed by atoms with Gasteiger partial charge in [0.25, 0.3) is 0 Å². The van der Waals surface area contributed by atoms with E-state index in [4.69, 9.17) is 10.00 Å². The van der Waals surface area contributed by atoms with Crippen molar-refractivity contribution in [3.63, 3.8) is 0 Å². The summed E-state index contributed by atoms with van der Waals surface area (Å²) in [6, 6.07) is 14.0. The van der Waals surface area contributed by atoms with Crippen LogP contribution in [0.15, 0.2) is 47.1 Å². The Bertz CT molecular complexity index is 649. The van der Waals surface area contributed by atoms with Crippen LogP contribution in [0.2, 0.25) is 0 Å². The molecule has 1 aromatic carbocycles. The summed E-state index contributed by atoms with van der Waals surface area (Å²) >= 11 is 3.44. The summed E-state index contributed by atoms with van der Waals surface area (Å²) in [6.45, 7) is 2.24. The molecule has 1 fully saturated rings. The first kappa shape index (κ1) is 14.1. The van der Waals surface area contributed by atoms with Gasteiger partial charge in [-0.3, -0.25) is 0 Å². The molecule has 0 amide bonds. The van der Waals surface area contributed by atoms with Gasteiger partial charge in [0.2, 0.25) is 0 Å². The molecule has 4 nitrogen and oxygen atoms in total.